The highest BCUT2D eigenvalue weighted by Gasteiger charge is 2.32. The minimum absolute atomic E-state index is 0.204. The van der Waals surface area contributed by atoms with E-state index in [1.165, 1.54) is 0 Å². The molecular weight excluding hydrogens is 212 g/mol. The van der Waals surface area contributed by atoms with Gasteiger partial charge in [-0.1, -0.05) is 20.8 Å². The number of amides is 1. The molecule has 2 N–H and O–H groups in total. The van der Waals surface area contributed by atoms with Crippen LogP contribution in [0.15, 0.2) is 0 Å². The summed E-state index contributed by atoms with van der Waals surface area (Å²) < 4.78 is 0. The fraction of sp³-hybridized carbons (Fsp3) is 0.929. The van der Waals surface area contributed by atoms with Gasteiger partial charge in [-0.3, -0.25) is 4.79 Å². The van der Waals surface area contributed by atoms with Crippen molar-refractivity contribution in [1.29, 1.82) is 0 Å². The van der Waals surface area contributed by atoms with Gasteiger partial charge >= 0.3 is 0 Å². The molecule has 1 fully saturated rings. The lowest BCUT2D eigenvalue weighted by Crippen LogP contribution is -2.44. The van der Waals surface area contributed by atoms with Gasteiger partial charge in [-0.05, 0) is 38.0 Å². The summed E-state index contributed by atoms with van der Waals surface area (Å²) in [6, 6.07) is 0.686. The third-order valence-corrected chi connectivity index (χ3v) is 4.42. The van der Waals surface area contributed by atoms with Crippen LogP contribution in [-0.2, 0) is 4.79 Å². The van der Waals surface area contributed by atoms with Crippen molar-refractivity contribution >= 4 is 5.91 Å². The largest absolute Gasteiger partial charge is 0.343 e. The summed E-state index contributed by atoms with van der Waals surface area (Å²) in [5.41, 5.74) is 6.00. The van der Waals surface area contributed by atoms with Crippen molar-refractivity contribution in [3.63, 3.8) is 0 Å². The third kappa shape index (κ3) is 3.44. The Kier molecular flexibility index (Phi) is 5.44. The van der Waals surface area contributed by atoms with E-state index in [0.717, 1.165) is 32.1 Å². The van der Waals surface area contributed by atoms with Crippen molar-refractivity contribution in [1.82, 2.24) is 4.90 Å². The summed E-state index contributed by atoms with van der Waals surface area (Å²) in [7, 11) is 1.96. The van der Waals surface area contributed by atoms with Crippen molar-refractivity contribution in [2.45, 2.75) is 65.0 Å². The molecule has 3 atom stereocenters. The van der Waals surface area contributed by atoms with Crippen LogP contribution in [0.2, 0.25) is 0 Å². The van der Waals surface area contributed by atoms with E-state index in [-0.39, 0.29) is 12.0 Å². The Labute approximate surface area is 106 Å². The van der Waals surface area contributed by atoms with Crippen molar-refractivity contribution in [3.8, 4) is 0 Å². The highest BCUT2D eigenvalue weighted by molar-refractivity contribution is 5.79. The van der Waals surface area contributed by atoms with E-state index in [1.54, 1.807) is 0 Å². The summed E-state index contributed by atoms with van der Waals surface area (Å²) in [4.78, 5) is 14.4. The Morgan fingerprint density at radius 2 is 1.94 bits per heavy atom. The quantitative estimate of drug-likeness (QED) is 0.820. The molecule has 0 heterocycles. The standard InChI is InChI=1S/C14H28N2O/c1-5-12(6-2)16(4)14(17)11-7-8-13(15)10(3)9-11/h10-13H,5-9,15H2,1-4H3. The summed E-state index contributed by atoms with van der Waals surface area (Å²) in [5, 5.41) is 0. The predicted molar refractivity (Wildman–Crippen MR) is 71.6 cm³/mol. The Hall–Kier alpha value is -0.570. The molecular formula is C14H28N2O. The molecule has 1 aliphatic carbocycles. The van der Waals surface area contributed by atoms with Gasteiger partial charge in [0.05, 0.1) is 0 Å². The maximum Gasteiger partial charge on any atom is 0.225 e. The lowest BCUT2D eigenvalue weighted by molar-refractivity contribution is -0.138. The first-order valence-corrected chi connectivity index (χ1v) is 7.03. The Bertz CT molecular complexity index is 251. The Morgan fingerprint density at radius 3 is 2.41 bits per heavy atom. The average Bonchev–Trinajstić information content (AvgIpc) is 2.33. The molecule has 3 unspecified atom stereocenters. The van der Waals surface area contributed by atoms with Crippen LogP contribution in [-0.4, -0.2) is 29.9 Å². The number of hydrogen-bond donors (Lipinski definition) is 1. The van der Waals surface area contributed by atoms with Crippen LogP contribution in [0.1, 0.15) is 52.9 Å². The monoisotopic (exact) mass is 240 g/mol. The van der Waals surface area contributed by atoms with E-state index < -0.39 is 0 Å². The number of rotatable bonds is 4. The van der Waals surface area contributed by atoms with Crippen LogP contribution in [0, 0.1) is 11.8 Å². The fourth-order valence-electron chi connectivity index (χ4n) is 2.95. The van der Waals surface area contributed by atoms with E-state index >= 15 is 0 Å². The van der Waals surface area contributed by atoms with Crippen LogP contribution < -0.4 is 5.73 Å². The van der Waals surface area contributed by atoms with Crippen molar-refractivity contribution < 1.29 is 4.79 Å². The molecule has 0 aliphatic heterocycles. The smallest absolute Gasteiger partial charge is 0.225 e. The van der Waals surface area contributed by atoms with E-state index in [9.17, 15) is 4.79 Å². The molecule has 3 heteroatoms. The van der Waals surface area contributed by atoms with Crippen LogP contribution in [0.3, 0.4) is 0 Å². The molecule has 0 spiro atoms. The highest BCUT2D eigenvalue weighted by Crippen LogP contribution is 2.29. The van der Waals surface area contributed by atoms with Gasteiger partial charge < -0.3 is 10.6 Å². The van der Waals surface area contributed by atoms with Crippen molar-refractivity contribution in [2.75, 3.05) is 7.05 Å². The second-order valence-electron chi connectivity index (χ2n) is 5.57. The fourth-order valence-corrected chi connectivity index (χ4v) is 2.95. The van der Waals surface area contributed by atoms with Gasteiger partial charge in [0.2, 0.25) is 5.91 Å². The lowest BCUT2D eigenvalue weighted by Gasteiger charge is -2.35. The van der Waals surface area contributed by atoms with Gasteiger partial charge in [0.15, 0.2) is 0 Å². The molecule has 100 valence electrons. The van der Waals surface area contributed by atoms with E-state index in [0.29, 0.717) is 17.9 Å². The van der Waals surface area contributed by atoms with Gasteiger partial charge in [-0.2, -0.15) is 0 Å². The molecule has 1 aliphatic rings. The molecule has 17 heavy (non-hydrogen) atoms. The SMILES string of the molecule is CCC(CC)N(C)C(=O)C1CCC(N)C(C)C1. The Balaban J connectivity index is 2.58. The second-order valence-corrected chi connectivity index (χ2v) is 5.57. The first kappa shape index (κ1) is 14.5. The molecule has 1 rings (SSSR count). The minimum Gasteiger partial charge on any atom is -0.343 e. The Morgan fingerprint density at radius 1 is 1.35 bits per heavy atom. The zero-order valence-electron chi connectivity index (χ0n) is 11.8. The number of hydrogen-bond acceptors (Lipinski definition) is 2. The molecule has 0 aromatic heterocycles. The van der Waals surface area contributed by atoms with E-state index in [1.807, 2.05) is 11.9 Å². The first-order valence-electron chi connectivity index (χ1n) is 7.03. The molecule has 0 bridgehead atoms. The number of nitrogens with two attached hydrogens (primary N) is 1. The average molecular weight is 240 g/mol. The summed E-state index contributed by atoms with van der Waals surface area (Å²) in [5.74, 6) is 1.01. The summed E-state index contributed by atoms with van der Waals surface area (Å²) in [6.07, 6.45) is 5.01. The normalized spacial score (nSPS) is 29.4. The number of carbonyl (C=O) groups is 1. The maximum atomic E-state index is 12.4. The predicted octanol–water partition coefficient (Wildman–Crippen LogP) is 2.40. The first-order chi connectivity index (χ1) is 8.01. The van der Waals surface area contributed by atoms with Crippen molar-refractivity contribution in [3.05, 3.63) is 0 Å². The van der Waals surface area contributed by atoms with Gasteiger partial charge in [-0.25, -0.2) is 0 Å². The molecule has 0 aromatic carbocycles. The highest BCUT2D eigenvalue weighted by atomic mass is 16.2. The molecule has 0 saturated heterocycles. The molecule has 1 saturated carbocycles. The summed E-state index contributed by atoms with van der Waals surface area (Å²) >= 11 is 0. The topological polar surface area (TPSA) is 46.3 Å². The van der Waals surface area contributed by atoms with Gasteiger partial charge in [0, 0.05) is 25.0 Å². The van der Waals surface area contributed by atoms with Crippen LogP contribution >= 0.6 is 0 Å². The van der Waals surface area contributed by atoms with Crippen LogP contribution in [0.4, 0.5) is 0 Å². The van der Waals surface area contributed by atoms with Crippen LogP contribution in [0.5, 0.6) is 0 Å². The van der Waals surface area contributed by atoms with Gasteiger partial charge in [0.1, 0.15) is 0 Å². The van der Waals surface area contributed by atoms with Gasteiger partial charge in [-0.15, -0.1) is 0 Å². The molecule has 0 aromatic rings. The zero-order chi connectivity index (χ0) is 13.0. The van der Waals surface area contributed by atoms with E-state index in [2.05, 4.69) is 20.8 Å². The van der Waals surface area contributed by atoms with Gasteiger partial charge in [0.25, 0.3) is 0 Å². The van der Waals surface area contributed by atoms with E-state index in [4.69, 9.17) is 5.73 Å². The zero-order valence-corrected chi connectivity index (χ0v) is 11.8. The maximum absolute atomic E-state index is 12.4. The lowest BCUT2D eigenvalue weighted by atomic mass is 9.78. The second kappa shape index (κ2) is 6.39. The number of carbonyl (C=O) groups excluding carboxylic acids is 1. The van der Waals surface area contributed by atoms with Crippen molar-refractivity contribution in [2.24, 2.45) is 17.6 Å². The minimum atomic E-state index is 0.204. The third-order valence-electron chi connectivity index (χ3n) is 4.42. The molecule has 1 amide bonds. The molecule has 3 nitrogen and oxygen atoms in total. The summed E-state index contributed by atoms with van der Waals surface area (Å²) in [6.45, 7) is 6.47. The number of nitrogens with zero attached hydrogens (tertiary/aromatic N) is 1. The van der Waals surface area contributed by atoms with Crippen LogP contribution in [0.25, 0.3) is 0 Å². The molecule has 0 radical (unpaired) electrons.